The lowest BCUT2D eigenvalue weighted by molar-refractivity contribution is 0.0600. The maximum Gasteiger partial charge on any atom is 0.337 e. The molecule has 0 spiro atoms. The molecule has 0 unspecified atom stereocenters. The Kier molecular flexibility index (Phi) is 6.44. The molecule has 2 aromatic heterocycles. The quantitative estimate of drug-likeness (QED) is 0.285. The zero-order valence-corrected chi connectivity index (χ0v) is 20.6. The predicted molar refractivity (Wildman–Crippen MR) is 141 cm³/mol. The van der Waals surface area contributed by atoms with Crippen molar-refractivity contribution >= 4 is 45.2 Å². The molecule has 5 aromatic rings. The summed E-state index contributed by atoms with van der Waals surface area (Å²) in [5, 5.41) is 6.63. The summed E-state index contributed by atoms with van der Waals surface area (Å²) in [5.41, 5.74) is 3.49. The number of halogens is 1. The van der Waals surface area contributed by atoms with Crippen LogP contribution in [-0.4, -0.2) is 28.5 Å². The maximum atomic E-state index is 13.4. The van der Waals surface area contributed by atoms with E-state index in [0.717, 1.165) is 32.9 Å². The highest BCUT2D eigenvalue weighted by Gasteiger charge is 2.18. The van der Waals surface area contributed by atoms with Crippen LogP contribution in [0.5, 0.6) is 0 Å². The molecule has 6 nitrogen and oxygen atoms in total. The lowest BCUT2D eigenvalue weighted by Gasteiger charge is -2.16. The van der Waals surface area contributed by atoms with E-state index in [1.165, 1.54) is 7.11 Å². The summed E-state index contributed by atoms with van der Waals surface area (Å²) in [4.78, 5) is 29.7. The van der Waals surface area contributed by atoms with Gasteiger partial charge in [0.25, 0.3) is 5.91 Å². The molecule has 1 amide bonds. The molecule has 0 aliphatic carbocycles. The molecule has 0 saturated heterocycles. The van der Waals surface area contributed by atoms with E-state index in [2.05, 4.69) is 22.4 Å². The second-order valence-electron chi connectivity index (χ2n) is 8.67. The van der Waals surface area contributed by atoms with Crippen LogP contribution in [0.3, 0.4) is 0 Å². The van der Waals surface area contributed by atoms with Gasteiger partial charge in [-0.15, -0.1) is 0 Å². The molecule has 0 aliphatic rings. The SMILES string of the molecule is COC(=O)c1ccc([C@H](C)NC(=O)c2cc(Cl)cc3ccn(Cc4cc5ccccc5cn4)c23)cc1. The zero-order valence-electron chi connectivity index (χ0n) is 19.9. The average Bonchev–Trinajstić information content (AvgIpc) is 3.29. The first-order valence-electron chi connectivity index (χ1n) is 11.5. The fourth-order valence-electron chi connectivity index (χ4n) is 4.39. The number of aromatic nitrogens is 2. The van der Waals surface area contributed by atoms with Gasteiger partial charge in [0.15, 0.2) is 0 Å². The van der Waals surface area contributed by atoms with E-state index >= 15 is 0 Å². The van der Waals surface area contributed by atoms with Crippen LogP contribution in [0, 0.1) is 0 Å². The minimum atomic E-state index is -0.402. The van der Waals surface area contributed by atoms with Gasteiger partial charge in [-0.25, -0.2) is 4.79 Å². The molecule has 0 bridgehead atoms. The molecular weight excluding hydrogens is 474 g/mol. The van der Waals surface area contributed by atoms with Crippen LogP contribution < -0.4 is 5.32 Å². The minimum absolute atomic E-state index is 0.238. The summed E-state index contributed by atoms with van der Waals surface area (Å²) in [5.74, 6) is -0.639. The first kappa shape index (κ1) is 23.6. The molecule has 0 radical (unpaired) electrons. The summed E-state index contributed by atoms with van der Waals surface area (Å²) in [7, 11) is 1.34. The molecule has 5 rings (SSSR count). The standard InChI is InChI=1S/C29H24ClN3O3/c1-18(19-7-9-20(10-8-19)29(35)36-2)32-28(34)26-15-24(30)13-22-11-12-33(27(22)26)17-25-14-21-5-3-4-6-23(21)16-31-25/h3-16,18H,17H2,1-2H3,(H,32,34)/t18-/m0/s1. The third-order valence-corrected chi connectivity index (χ3v) is 6.49. The average molecular weight is 498 g/mol. The number of ether oxygens (including phenoxy) is 1. The van der Waals surface area contributed by atoms with Crippen LogP contribution in [0.25, 0.3) is 21.7 Å². The number of pyridine rings is 1. The molecule has 36 heavy (non-hydrogen) atoms. The van der Waals surface area contributed by atoms with Gasteiger partial charge < -0.3 is 14.6 Å². The molecule has 0 fully saturated rings. The second-order valence-corrected chi connectivity index (χ2v) is 9.10. The largest absolute Gasteiger partial charge is 0.465 e. The Bertz CT molecular complexity index is 1590. The molecule has 1 N–H and O–H groups in total. The number of carbonyl (C=O) groups excluding carboxylic acids is 2. The maximum absolute atomic E-state index is 13.4. The number of esters is 1. The summed E-state index contributed by atoms with van der Waals surface area (Å²) < 4.78 is 6.77. The van der Waals surface area contributed by atoms with E-state index in [-0.39, 0.29) is 11.9 Å². The highest BCUT2D eigenvalue weighted by Crippen LogP contribution is 2.27. The van der Waals surface area contributed by atoms with E-state index in [1.807, 2.05) is 54.2 Å². The third-order valence-electron chi connectivity index (χ3n) is 6.27. The lowest BCUT2D eigenvalue weighted by Crippen LogP contribution is -2.27. The third kappa shape index (κ3) is 4.68. The number of nitrogens with one attached hydrogen (secondary N) is 1. The van der Waals surface area contributed by atoms with Crippen molar-refractivity contribution in [3.63, 3.8) is 0 Å². The van der Waals surface area contributed by atoms with Crippen LogP contribution in [0.15, 0.2) is 85.2 Å². The van der Waals surface area contributed by atoms with Crippen molar-refractivity contribution in [1.29, 1.82) is 0 Å². The van der Waals surface area contributed by atoms with Gasteiger partial charge in [-0.2, -0.15) is 0 Å². The second kappa shape index (κ2) is 9.84. The Morgan fingerprint density at radius 1 is 1.00 bits per heavy atom. The van der Waals surface area contributed by atoms with Gasteiger partial charge in [0.05, 0.1) is 42.0 Å². The molecule has 3 aromatic carbocycles. The smallest absolute Gasteiger partial charge is 0.337 e. The van der Waals surface area contributed by atoms with Crippen molar-refractivity contribution in [2.24, 2.45) is 0 Å². The zero-order chi connectivity index (χ0) is 25.2. The summed E-state index contributed by atoms with van der Waals surface area (Å²) >= 11 is 6.37. The molecule has 0 aliphatic heterocycles. The fraction of sp³-hybridized carbons (Fsp3) is 0.138. The Balaban J connectivity index is 1.43. The number of nitrogens with zero attached hydrogens (tertiary/aromatic N) is 2. The number of rotatable bonds is 6. The van der Waals surface area contributed by atoms with E-state index in [4.69, 9.17) is 16.3 Å². The normalized spacial score (nSPS) is 12.0. The van der Waals surface area contributed by atoms with Gasteiger partial charge in [0, 0.05) is 28.2 Å². The van der Waals surface area contributed by atoms with Crippen LogP contribution in [0.1, 0.15) is 44.9 Å². The van der Waals surface area contributed by atoms with Gasteiger partial charge >= 0.3 is 5.97 Å². The lowest BCUT2D eigenvalue weighted by atomic mass is 10.0. The molecule has 1 atom stereocenters. The van der Waals surface area contributed by atoms with Crippen LogP contribution in [0.4, 0.5) is 0 Å². The number of benzene rings is 3. The van der Waals surface area contributed by atoms with E-state index in [9.17, 15) is 9.59 Å². The topological polar surface area (TPSA) is 73.2 Å². The van der Waals surface area contributed by atoms with Gasteiger partial charge in [-0.05, 0) is 54.3 Å². The van der Waals surface area contributed by atoms with Crippen molar-refractivity contribution in [2.75, 3.05) is 7.11 Å². The molecule has 180 valence electrons. The number of methoxy groups -OCH3 is 1. The number of carbonyl (C=O) groups is 2. The molecule has 2 heterocycles. The predicted octanol–water partition coefficient (Wildman–Crippen LogP) is 6.17. The highest BCUT2D eigenvalue weighted by molar-refractivity contribution is 6.32. The number of fused-ring (bicyclic) bond motifs is 2. The Hall–Kier alpha value is -4.16. The first-order valence-corrected chi connectivity index (χ1v) is 11.9. The number of hydrogen-bond donors (Lipinski definition) is 1. The minimum Gasteiger partial charge on any atom is -0.465 e. The van der Waals surface area contributed by atoms with Gasteiger partial charge in [-0.1, -0.05) is 48.0 Å². The number of hydrogen-bond acceptors (Lipinski definition) is 4. The highest BCUT2D eigenvalue weighted by atomic mass is 35.5. The fourth-order valence-corrected chi connectivity index (χ4v) is 4.62. The van der Waals surface area contributed by atoms with Crippen molar-refractivity contribution in [3.05, 3.63) is 113 Å². The van der Waals surface area contributed by atoms with Crippen molar-refractivity contribution in [2.45, 2.75) is 19.5 Å². The Morgan fingerprint density at radius 3 is 2.50 bits per heavy atom. The van der Waals surface area contributed by atoms with Crippen LogP contribution in [-0.2, 0) is 11.3 Å². The van der Waals surface area contributed by atoms with Crippen molar-refractivity contribution in [3.8, 4) is 0 Å². The first-order chi connectivity index (χ1) is 17.4. The monoisotopic (exact) mass is 497 g/mol. The molecule has 7 heteroatoms. The Labute approximate surface area is 213 Å². The summed E-state index contributed by atoms with van der Waals surface area (Å²) in [6.45, 7) is 2.41. The molecular formula is C29H24ClN3O3. The van der Waals surface area contributed by atoms with Crippen molar-refractivity contribution < 1.29 is 14.3 Å². The number of amides is 1. The van der Waals surface area contributed by atoms with Crippen LogP contribution in [0.2, 0.25) is 5.02 Å². The van der Waals surface area contributed by atoms with E-state index in [0.29, 0.717) is 22.7 Å². The van der Waals surface area contributed by atoms with E-state index < -0.39 is 5.97 Å². The Morgan fingerprint density at radius 2 is 1.75 bits per heavy atom. The van der Waals surface area contributed by atoms with E-state index in [1.54, 1.807) is 30.3 Å². The van der Waals surface area contributed by atoms with Crippen LogP contribution >= 0.6 is 11.6 Å². The summed E-state index contributed by atoms with van der Waals surface area (Å²) in [6, 6.07) is 22.3. The van der Waals surface area contributed by atoms with Gasteiger partial charge in [-0.3, -0.25) is 9.78 Å². The molecule has 0 saturated carbocycles. The van der Waals surface area contributed by atoms with Crippen molar-refractivity contribution in [1.82, 2.24) is 14.9 Å². The summed E-state index contributed by atoms with van der Waals surface area (Å²) in [6.07, 6.45) is 3.82. The van der Waals surface area contributed by atoms with Gasteiger partial charge in [0.1, 0.15) is 0 Å². The van der Waals surface area contributed by atoms with Gasteiger partial charge in [0.2, 0.25) is 0 Å².